The zero-order valence-corrected chi connectivity index (χ0v) is 13.7. The Kier molecular flexibility index (Phi) is 4.16. The van der Waals surface area contributed by atoms with Crippen LogP contribution in [0.25, 0.3) is 5.57 Å². The van der Waals surface area contributed by atoms with Crippen LogP contribution in [0.15, 0.2) is 58.7 Å². The summed E-state index contributed by atoms with van der Waals surface area (Å²) in [5.74, 6) is -0.0491. The summed E-state index contributed by atoms with van der Waals surface area (Å²) in [7, 11) is 1.73. The van der Waals surface area contributed by atoms with E-state index < -0.39 is 0 Å². The summed E-state index contributed by atoms with van der Waals surface area (Å²) in [5.41, 5.74) is 9.04. The number of allylic oxidation sites excluding steroid dienone is 1. The first-order valence-corrected chi connectivity index (χ1v) is 7.89. The normalized spacial score (nSPS) is 18.6. The van der Waals surface area contributed by atoms with Crippen LogP contribution in [0.5, 0.6) is 0 Å². The first-order chi connectivity index (χ1) is 11.1. The molecule has 2 heterocycles. The molecule has 1 aliphatic rings. The minimum absolute atomic E-state index is 0.0491. The van der Waals surface area contributed by atoms with Crippen molar-refractivity contribution in [3.05, 3.63) is 59.3 Å². The molecule has 3 rings (SSSR count). The largest absolute Gasteiger partial charge is 0.399 e. The van der Waals surface area contributed by atoms with Crippen molar-refractivity contribution >= 4 is 39.8 Å². The van der Waals surface area contributed by atoms with Gasteiger partial charge in [0.1, 0.15) is 0 Å². The van der Waals surface area contributed by atoms with E-state index in [0.29, 0.717) is 15.8 Å². The zero-order chi connectivity index (χ0) is 16.4. The second-order valence-electron chi connectivity index (χ2n) is 5.15. The molecule has 1 aromatic carbocycles. The lowest BCUT2D eigenvalue weighted by Crippen LogP contribution is -2.23. The molecule has 0 unspecified atom stereocenters. The number of likely N-dealkylation sites (N-methyl/N-ethyl adjacent to an activating group) is 1. The van der Waals surface area contributed by atoms with E-state index >= 15 is 0 Å². The van der Waals surface area contributed by atoms with Crippen molar-refractivity contribution < 1.29 is 4.79 Å². The molecule has 2 aromatic rings. The Bertz CT molecular complexity index is 797. The Balaban J connectivity index is 1.96. The van der Waals surface area contributed by atoms with Crippen LogP contribution in [0, 0.1) is 0 Å². The van der Waals surface area contributed by atoms with Gasteiger partial charge in [-0.25, -0.2) is 4.99 Å². The Labute approximate surface area is 138 Å². The molecule has 1 aromatic heterocycles. The maximum absolute atomic E-state index is 12.5. The number of amidine groups is 1. The maximum atomic E-state index is 12.5. The maximum Gasteiger partial charge on any atom is 0.266 e. The minimum Gasteiger partial charge on any atom is -0.399 e. The standard InChI is InChI=1S/C17H16N4OS/c1-11(12-5-7-13(18)8-6-12)15-16(22)21(2)17(23-15)20-14-4-3-9-19-10-14/h3-10H,18H2,1-2H3/b15-11-,20-17?. The van der Waals surface area contributed by atoms with Crippen molar-refractivity contribution in [1.29, 1.82) is 0 Å². The fourth-order valence-corrected chi connectivity index (χ4v) is 3.22. The van der Waals surface area contributed by atoms with E-state index in [4.69, 9.17) is 5.73 Å². The van der Waals surface area contributed by atoms with Gasteiger partial charge in [-0.2, -0.15) is 0 Å². The average Bonchev–Trinajstić information content (AvgIpc) is 2.84. The van der Waals surface area contributed by atoms with E-state index in [-0.39, 0.29) is 5.91 Å². The highest BCUT2D eigenvalue weighted by atomic mass is 32.2. The highest BCUT2D eigenvalue weighted by Gasteiger charge is 2.32. The van der Waals surface area contributed by atoms with E-state index in [1.54, 1.807) is 24.3 Å². The van der Waals surface area contributed by atoms with Crippen LogP contribution >= 0.6 is 11.8 Å². The quantitative estimate of drug-likeness (QED) is 0.679. The molecule has 0 bridgehead atoms. The number of nitrogens with zero attached hydrogens (tertiary/aromatic N) is 3. The Morgan fingerprint density at radius 3 is 2.65 bits per heavy atom. The summed E-state index contributed by atoms with van der Waals surface area (Å²) in [6.45, 7) is 1.94. The molecule has 23 heavy (non-hydrogen) atoms. The van der Waals surface area contributed by atoms with Crippen LogP contribution in [0.3, 0.4) is 0 Å². The van der Waals surface area contributed by atoms with Gasteiger partial charge in [0, 0.05) is 18.9 Å². The molecule has 1 aliphatic heterocycles. The summed E-state index contributed by atoms with van der Waals surface area (Å²) in [6, 6.07) is 11.2. The van der Waals surface area contributed by atoms with Gasteiger partial charge < -0.3 is 5.73 Å². The lowest BCUT2D eigenvalue weighted by molar-refractivity contribution is -0.121. The van der Waals surface area contributed by atoms with Crippen molar-refractivity contribution in [2.75, 3.05) is 12.8 Å². The van der Waals surface area contributed by atoms with Gasteiger partial charge in [-0.15, -0.1) is 0 Å². The number of rotatable bonds is 2. The van der Waals surface area contributed by atoms with Crippen molar-refractivity contribution in [1.82, 2.24) is 9.88 Å². The predicted molar refractivity (Wildman–Crippen MR) is 95.1 cm³/mol. The fraction of sp³-hybridized carbons (Fsp3) is 0.118. The predicted octanol–water partition coefficient (Wildman–Crippen LogP) is 3.29. The lowest BCUT2D eigenvalue weighted by Gasteiger charge is -2.07. The van der Waals surface area contributed by atoms with E-state index in [0.717, 1.165) is 16.8 Å². The molecule has 0 saturated carbocycles. The van der Waals surface area contributed by atoms with Crippen LogP contribution in [-0.4, -0.2) is 28.0 Å². The number of aromatic nitrogens is 1. The number of thioether (sulfide) groups is 1. The topological polar surface area (TPSA) is 71.6 Å². The average molecular weight is 324 g/mol. The number of aliphatic imine (C=N–C) groups is 1. The van der Waals surface area contributed by atoms with Crippen LogP contribution in [0.1, 0.15) is 12.5 Å². The Morgan fingerprint density at radius 2 is 2.00 bits per heavy atom. The SMILES string of the molecule is C/C(=C1/SC(=Nc2cccnc2)N(C)C1=O)c1ccc(N)cc1. The van der Waals surface area contributed by atoms with E-state index in [1.165, 1.54) is 11.8 Å². The van der Waals surface area contributed by atoms with E-state index in [2.05, 4.69) is 9.98 Å². The van der Waals surface area contributed by atoms with Crippen molar-refractivity contribution in [3.8, 4) is 0 Å². The number of hydrogen-bond donors (Lipinski definition) is 1. The van der Waals surface area contributed by atoms with Crippen LogP contribution in [-0.2, 0) is 4.79 Å². The van der Waals surface area contributed by atoms with Gasteiger partial charge >= 0.3 is 0 Å². The molecule has 0 aliphatic carbocycles. The molecule has 1 saturated heterocycles. The second-order valence-corrected chi connectivity index (χ2v) is 6.13. The van der Waals surface area contributed by atoms with Gasteiger partial charge in [0.05, 0.1) is 16.8 Å². The third-order valence-corrected chi connectivity index (χ3v) is 4.77. The van der Waals surface area contributed by atoms with Crippen LogP contribution in [0.2, 0.25) is 0 Å². The number of hydrogen-bond acceptors (Lipinski definition) is 5. The third-order valence-electron chi connectivity index (χ3n) is 3.53. The number of pyridine rings is 1. The van der Waals surface area contributed by atoms with Crippen LogP contribution in [0.4, 0.5) is 11.4 Å². The molecule has 1 amide bonds. The molecule has 1 fully saturated rings. The highest BCUT2D eigenvalue weighted by Crippen LogP contribution is 2.36. The highest BCUT2D eigenvalue weighted by molar-refractivity contribution is 8.18. The Morgan fingerprint density at radius 1 is 1.26 bits per heavy atom. The first-order valence-electron chi connectivity index (χ1n) is 7.07. The van der Waals surface area contributed by atoms with Gasteiger partial charge in [0.25, 0.3) is 5.91 Å². The number of carbonyl (C=O) groups excluding carboxylic acids is 1. The number of nitrogens with two attached hydrogens (primary N) is 1. The third kappa shape index (κ3) is 3.12. The first kappa shape index (κ1) is 15.3. The van der Waals surface area contributed by atoms with Crippen molar-refractivity contribution in [3.63, 3.8) is 0 Å². The van der Waals surface area contributed by atoms with Gasteiger partial charge in [-0.1, -0.05) is 12.1 Å². The molecule has 6 heteroatoms. The van der Waals surface area contributed by atoms with Gasteiger partial charge in [-0.05, 0) is 54.1 Å². The summed E-state index contributed by atoms with van der Waals surface area (Å²) < 4.78 is 0. The lowest BCUT2D eigenvalue weighted by atomic mass is 10.1. The molecular weight excluding hydrogens is 308 g/mol. The number of nitrogen functional groups attached to an aromatic ring is 1. The van der Waals surface area contributed by atoms with E-state index in [9.17, 15) is 4.79 Å². The Hall–Kier alpha value is -2.60. The number of anilines is 1. The molecule has 116 valence electrons. The zero-order valence-electron chi connectivity index (χ0n) is 12.9. The minimum atomic E-state index is -0.0491. The summed E-state index contributed by atoms with van der Waals surface area (Å²) >= 11 is 1.38. The second kappa shape index (κ2) is 6.26. The molecule has 2 N–H and O–H groups in total. The van der Waals surface area contributed by atoms with E-state index in [1.807, 2.05) is 43.3 Å². The summed E-state index contributed by atoms with van der Waals surface area (Å²) in [4.78, 5) is 23.3. The summed E-state index contributed by atoms with van der Waals surface area (Å²) in [5, 5.41) is 0.646. The van der Waals surface area contributed by atoms with Gasteiger partial charge in [0.15, 0.2) is 5.17 Å². The molecule has 0 atom stereocenters. The number of benzene rings is 1. The van der Waals surface area contributed by atoms with Crippen molar-refractivity contribution in [2.45, 2.75) is 6.92 Å². The fourth-order valence-electron chi connectivity index (χ4n) is 2.17. The summed E-state index contributed by atoms with van der Waals surface area (Å²) in [6.07, 6.45) is 3.36. The van der Waals surface area contributed by atoms with Gasteiger partial charge in [0.2, 0.25) is 0 Å². The molecule has 0 spiro atoms. The van der Waals surface area contributed by atoms with Crippen LogP contribution < -0.4 is 5.73 Å². The molecular formula is C17H16N4OS. The number of amides is 1. The molecule has 0 radical (unpaired) electrons. The monoisotopic (exact) mass is 324 g/mol. The number of carbonyl (C=O) groups is 1. The molecule has 5 nitrogen and oxygen atoms in total. The van der Waals surface area contributed by atoms with Gasteiger partial charge in [-0.3, -0.25) is 14.7 Å². The smallest absolute Gasteiger partial charge is 0.266 e. The van der Waals surface area contributed by atoms with Crippen molar-refractivity contribution in [2.24, 2.45) is 4.99 Å².